The molecule has 0 spiro atoms. The molecule has 0 atom stereocenters. The van der Waals surface area contributed by atoms with Crippen molar-refractivity contribution in [2.75, 3.05) is 24.1 Å². The van der Waals surface area contributed by atoms with Crippen molar-refractivity contribution in [3.63, 3.8) is 0 Å². The number of hydrogen-bond donors (Lipinski definition) is 1. The molecule has 1 amide bonds. The van der Waals surface area contributed by atoms with Gasteiger partial charge in [-0.25, -0.2) is 8.42 Å². The van der Waals surface area contributed by atoms with E-state index in [1.54, 1.807) is 24.3 Å². The highest BCUT2D eigenvalue weighted by Gasteiger charge is 2.24. The summed E-state index contributed by atoms with van der Waals surface area (Å²) in [7, 11) is -3.36. The highest BCUT2D eigenvalue weighted by molar-refractivity contribution is 7.92. The Bertz CT molecular complexity index is 858. The van der Waals surface area contributed by atoms with Crippen LogP contribution in [0.2, 0.25) is 0 Å². The second-order valence-electron chi connectivity index (χ2n) is 6.88. The molecular weight excluding hydrogens is 348 g/mol. The van der Waals surface area contributed by atoms with Gasteiger partial charge in [0.2, 0.25) is 10.0 Å². The number of likely N-dealkylation sites (tertiary alicyclic amines) is 1. The Labute approximate surface area is 155 Å². The average molecular weight is 372 g/mol. The normalized spacial score (nSPS) is 15.7. The van der Waals surface area contributed by atoms with Crippen LogP contribution in [-0.2, 0) is 16.4 Å². The van der Waals surface area contributed by atoms with Gasteiger partial charge in [-0.1, -0.05) is 36.4 Å². The zero-order chi connectivity index (χ0) is 18.6. The number of hydrogen-bond acceptors (Lipinski definition) is 3. The van der Waals surface area contributed by atoms with E-state index in [2.05, 4.69) is 29.0 Å². The third-order valence-corrected chi connectivity index (χ3v) is 5.29. The van der Waals surface area contributed by atoms with Crippen molar-refractivity contribution in [1.82, 2.24) is 4.90 Å². The average Bonchev–Trinajstić information content (AvgIpc) is 2.61. The van der Waals surface area contributed by atoms with Crippen LogP contribution in [-0.4, -0.2) is 38.6 Å². The van der Waals surface area contributed by atoms with Crippen molar-refractivity contribution >= 4 is 21.6 Å². The van der Waals surface area contributed by atoms with Crippen molar-refractivity contribution in [3.8, 4) is 0 Å². The molecule has 1 aliphatic rings. The summed E-state index contributed by atoms with van der Waals surface area (Å²) in [6, 6.07) is 17.1. The summed E-state index contributed by atoms with van der Waals surface area (Å²) in [5.41, 5.74) is 2.27. The number of nitrogens with zero attached hydrogens (tertiary/aromatic N) is 1. The van der Waals surface area contributed by atoms with Gasteiger partial charge in [0.25, 0.3) is 5.91 Å². The number of nitrogens with one attached hydrogen (secondary N) is 1. The van der Waals surface area contributed by atoms with Gasteiger partial charge in [0.15, 0.2) is 0 Å². The third-order valence-electron chi connectivity index (χ3n) is 4.68. The molecule has 3 rings (SSSR count). The smallest absolute Gasteiger partial charge is 0.253 e. The van der Waals surface area contributed by atoms with Gasteiger partial charge < -0.3 is 4.90 Å². The molecule has 0 radical (unpaired) electrons. The molecule has 1 saturated heterocycles. The molecule has 1 heterocycles. The van der Waals surface area contributed by atoms with E-state index in [1.807, 2.05) is 11.0 Å². The minimum Gasteiger partial charge on any atom is -0.339 e. The lowest BCUT2D eigenvalue weighted by atomic mass is 9.90. The van der Waals surface area contributed by atoms with E-state index in [1.165, 1.54) is 5.56 Å². The first-order chi connectivity index (χ1) is 12.4. The summed E-state index contributed by atoms with van der Waals surface area (Å²) in [5.74, 6) is 0.556. The molecule has 1 fully saturated rings. The highest BCUT2D eigenvalue weighted by atomic mass is 32.2. The van der Waals surface area contributed by atoms with Gasteiger partial charge in [-0.15, -0.1) is 0 Å². The lowest BCUT2D eigenvalue weighted by Gasteiger charge is -2.32. The quantitative estimate of drug-likeness (QED) is 0.877. The molecular formula is C20H24N2O3S. The van der Waals surface area contributed by atoms with E-state index in [0.29, 0.717) is 17.2 Å². The number of rotatable bonds is 5. The maximum atomic E-state index is 12.7. The van der Waals surface area contributed by atoms with Crippen LogP contribution in [0.1, 0.15) is 28.8 Å². The predicted molar refractivity (Wildman–Crippen MR) is 104 cm³/mol. The molecule has 0 unspecified atom stereocenters. The lowest BCUT2D eigenvalue weighted by molar-refractivity contribution is 0.0690. The van der Waals surface area contributed by atoms with Gasteiger partial charge in [0.05, 0.1) is 6.26 Å². The van der Waals surface area contributed by atoms with Crippen LogP contribution in [0.25, 0.3) is 0 Å². The Morgan fingerprint density at radius 3 is 2.42 bits per heavy atom. The van der Waals surface area contributed by atoms with Crippen molar-refractivity contribution in [2.45, 2.75) is 19.3 Å². The van der Waals surface area contributed by atoms with Gasteiger partial charge in [0, 0.05) is 24.3 Å². The molecule has 1 N–H and O–H groups in total. The minimum atomic E-state index is -3.36. The van der Waals surface area contributed by atoms with Gasteiger partial charge in [-0.2, -0.15) is 0 Å². The Hall–Kier alpha value is -2.34. The number of carbonyl (C=O) groups excluding carboxylic acids is 1. The molecule has 0 aliphatic carbocycles. The first-order valence-corrected chi connectivity index (χ1v) is 10.7. The summed E-state index contributed by atoms with van der Waals surface area (Å²) >= 11 is 0. The van der Waals surface area contributed by atoms with Crippen molar-refractivity contribution in [3.05, 3.63) is 65.7 Å². The van der Waals surface area contributed by atoms with Crippen LogP contribution in [0.3, 0.4) is 0 Å². The molecule has 138 valence electrons. The van der Waals surface area contributed by atoms with E-state index < -0.39 is 10.0 Å². The summed E-state index contributed by atoms with van der Waals surface area (Å²) < 4.78 is 25.1. The number of carbonyl (C=O) groups is 1. The number of amides is 1. The Balaban J connectivity index is 1.59. The molecule has 2 aromatic carbocycles. The number of anilines is 1. The molecule has 0 aromatic heterocycles. The fraction of sp³-hybridized carbons (Fsp3) is 0.350. The summed E-state index contributed by atoms with van der Waals surface area (Å²) in [4.78, 5) is 14.6. The number of benzene rings is 2. The summed E-state index contributed by atoms with van der Waals surface area (Å²) in [6.07, 6.45) is 4.12. The minimum absolute atomic E-state index is 0.0414. The van der Waals surface area contributed by atoms with Gasteiger partial charge in [-0.05, 0) is 48.9 Å². The van der Waals surface area contributed by atoms with Gasteiger partial charge in [0.1, 0.15) is 0 Å². The van der Waals surface area contributed by atoms with Crippen LogP contribution in [0.4, 0.5) is 5.69 Å². The van der Waals surface area contributed by atoms with E-state index in [9.17, 15) is 13.2 Å². The maximum Gasteiger partial charge on any atom is 0.253 e. The second-order valence-corrected chi connectivity index (χ2v) is 8.63. The highest BCUT2D eigenvalue weighted by Crippen LogP contribution is 2.23. The molecule has 1 aliphatic heterocycles. The van der Waals surface area contributed by atoms with Gasteiger partial charge in [-0.3, -0.25) is 9.52 Å². The largest absolute Gasteiger partial charge is 0.339 e. The van der Waals surface area contributed by atoms with Crippen LogP contribution in [0.5, 0.6) is 0 Å². The van der Waals surface area contributed by atoms with E-state index in [0.717, 1.165) is 38.6 Å². The number of sulfonamides is 1. The van der Waals surface area contributed by atoms with E-state index in [-0.39, 0.29) is 5.91 Å². The Kier molecular flexibility index (Phi) is 5.61. The fourth-order valence-corrected chi connectivity index (χ4v) is 3.96. The molecule has 0 saturated carbocycles. The van der Waals surface area contributed by atoms with Crippen molar-refractivity contribution < 1.29 is 13.2 Å². The molecule has 5 nitrogen and oxygen atoms in total. The Morgan fingerprint density at radius 2 is 1.77 bits per heavy atom. The molecule has 6 heteroatoms. The van der Waals surface area contributed by atoms with E-state index >= 15 is 0 Å². The number of piperidine rings is 1. The van der Waals surface area contributed by atoms with Crippen LogP contribution in [0, 0.1) is 5.92 Å². The first kappa shape index (κ1) is 18.5. The third kappa shape index (κ3) is 5.08. The SMILES string of the molecule is CS(=O)(=O)Nc1cccc(C(=O)N2CCC(Cc3ccccc3)CC2)c1. The predicted octanol–water partition coefficient (Wildman–Crippen LogP) is 3.15. The van der Waals surface area contributed by atoms with Crippen LogP contribution in [0.15, 0.2) is 54.6 Å². The zero-order valence-electron chi connectivity index (χ0n) is 14.9. The van der Waals surface area contributed by atoms with Crippen LogP contribution >= 0.6 is 0 Å². The summed E-state index contributed by atoms with van der Waals surface area (Å²) in [5, 5.41) is 0. The van der Waals surface area contributed by atoms with Crippen molar-refractivity contribution in [1.29, 1.82) is 0 Å². The first-order valence-electron chi connectivity index (χ1n) is 8.82. The zero-order valence-corrected chi connectivity index (χ0v) is 15.7. The second kappa shape index (κ2) is 7.91. The topological polar surface area (TPSA) is 66.5 Å². The standard InChI is InChI=1S/C20H24N2O3S/c1-26(24,25)21-19-9-5-8-18(15-19)20(23)22-12-10-17(11-13-22)14-16-6-3-2-4-7-16/h2-9,15,17,21H,10-14H2,1H3. The molecule has 2 aromatic rings. The van der Waals surface area contributed by atoms with E-state index in [4.69, 9.17) is 0 Å². The molecule has 26 heavy (non-hydrogen) atoms. The summed E-state index contributed by atoms with van der Waals surface area (Å²) in [6.45, 7) is 1.47. The fourth-order valence-electron chi connectivity index (χ4n) is 3.40. The van der Waals surface area contributed by atoms with Gasteiger partial charge >= 0.3 is 0 Å². The lowest BCUT2D eigenvalue weighted by Crippen LogP contribution is -2.38. The van der Waals surface area contributed by atoms with Crippen molar-refractivity contribution in [2.24, 2.45) is 5.92 Å². The monoisotopic (exact) mass is 372 g/mol. The maximum absolute atomic E-state index is 12.7. The Morgan fingerprint density at radius 1 is 1.08 bits per heavy atom. The molecule has 0 bridgehead atoms. The van der Waals surface area contributed by atoms with Crippen LogP contribution < -0.4 is 4.72 Å².